The molecule has 35 heavy (non-hydrogen) atoms. The molecular weight excluding hydrogens is 436 g/mol. The summed E-state index contributed by atoms with van der Waals surface area (Å²) in [5, 5.41) is 1.85. The molecule has 170 valence electrons. The van der Waals surface area contributed by atoms with Gasteiger partial charge in [0.25, 0.3) is 0 Å². The Labute approximate surface area is 202 Å². The number of benzene rings is 4. The highest BCUT2D eigenvalue weighted by atomic mass is 16.5. The van der Waals surface area contributed by atoms with Crippen LogP contribution in [-0.2, 0) is 9.59 Å². The van der Waals surface area contributed by atoms with Gasteiger partial charge in [0, 0.05) is 17.0 Å². The Hall–Kier alpha value is -4.31. The van der Waals surface area contributed by atoms with Gasteiger partial charge in [0.15, 0.2) is 17.0 Å². The van der Waals surface area contributed by atoms with E-state index >= 15 is 0 Å². The summed E-state index contributed by atoms with van der Waals surface area (Å²) in [5.41, 5.74) is -0.851. The third kappa shape index (κ3) is 2.83. The number of rotatable bonds is 5. The highest BCUT2D eigenvalue weighted by Crippen LogP contribution is 2.79. The number of ketones is 2. The molecule has 3 atom stereocenters. The molecule has 0 unspecified atom stereocenters. The number of carbonyl (C=O) groups is 3. The third-order valence-electron chi connectivity index (χ3n) is 7.61. The van der Waals surface area contributed by atoms with Crippen LogP contribution >= 0.6 is 0 Å². The molecule has 0 N–H and O–H groups in total. The van der Waals surface area contributed by atoms with E-state index in [0.717, 1.165) is 21.9 Å². The molecule has 1 aliphatic heterocycles. The van der Waals surface area contributed by atoms with E-state index in [4.69, 9.17) is 4.74 Å². The van der Waals surface area contributed by atoms with E-state index in [1.807, 2.05) is 66.7 Å². The predicted octanol–water partition coefficient (Wildman–Crippen LogP) is 6.01. The van der Waals surface area contributed by atoms with Gasteiger partial charge in [-0.15, -0.1) is 0 Å². The van der Waals surface area contributed by atoms with Crippen molar-refractivity contribution in [3.05, 3.63) is 120 Å². The van der Waals surface area contributed by atoms with Crippen molar-refractivity contribution in [2.75, 3.05) is 0 Å². The number of fused-ring (bicyclic) bond motifs is 5. The first-order valence-electron chi connectivity index (χ1n) is 11.6. The van der Waals surface area contributed by atoms with E-state index in [2.05, 4.69) is 0 Å². The molecule has 1 heterocycles. The largest absolute Gasteiger partial charge is 0.425 e. The normalized spacial score (nSPS) is 24.5. The zero-order valence-corrected chi connectivity index (χ0v) is 19.1. The van der Waals surface area contributed by atoms with Gasteiger partial charge in [0.05, 0.1) is 5.41 Å². The minimum atomic E-state index is -1.62. The average molecular weight is 459 g/mol. The molecule has 4 aromatic carbocycles. The van der Waals surface area contributed by atoms with Gasteiger partial charge in [0.2, 0.25) is 0 Å². The molecule has 0 radical (unpaired) electrons. The standard InChI is InChI=1S/C31H22O4/c1-30(28(33)22-13-6-3-7-14-22)27-26-23-15-9-8-12-21(23)17-18-24(26)35-29(34)31(27,30)25(32)19-16-20-10-4-2-5-11-20/h2-19,27H,1H3/b19-16+/t27-,30+,31-/m1/s1. The van der Waals surface area contributed by atoms with E-state index in [1.165, 1.54) is 6.08 Å². The number of esters is 1. The zero-order chi connectivity index (χ0) is 24.2. The van der Waals surface area contributed by atoms with E-state index < -0.39 is 28.5 Å². The van der Waals surface area contributed by atoms with Crippen molar-refractivity contribution in [2.45, 2.75) is 12.8 Å². The fraction of sp³-hybridized carbons (Fsp3) is 0.129. The summed E-state index contributed by atoms with van der Waals surface area (Å²) < 4.78 is 5.81. The molecule has 6 rings (SSSR count). The Morgan fingerprint density at radius 1 is 0.829 bits per heavy atom. The highest BCUT2D eigenvalue weighted by Gasteiger charge is 2.87. The molecule has 1 fully saturated rings. The lowest BCUT2D eigenvalue weighted by atomic mass is 9.84. The van der Waals surface area contributed by atoms with Crippen LogP contribution in [0.15, 0.2) is 103 Å². The summed E-state index contributed by atoms with van der Waals surface area (Å²) in [5.74, 6) is -1.53. The summed E-state index contributed by atoms with van der Waals surface area (Å²) in [6.45, 7) is 1.74. The summed E-state index contributed by atoms with van der Waals surface area (Å²) in [6.07, 6.45) is 3.11. The van der Waals surface area contributed by atoms with Crippen LogP contribution in [0.25, 0.3) is 16.8 Å². The molecule has 4 nitrogen and oxygen atoms in total. The molecule has 1 saturated carbocycles. The minimum absolute atomic E-state index is 0.234. The molecular formula is C31H22O4. The first-order valence-corrected chi connectivity index (χ1v) is 11.6. The lowest BCUT2D eigenvalue weighted by Crippen LogP contribution is -2.38. The number of carbonyl (C=O) groups excluding carboxylic acids is 3. The molecule has 2 aliphatic rings. The number of allylic oxidation sites excluding steroid dienone is 1. The summed E-state index contributed by atoms with van der Waals surface area (Å²) in [4.78, 5) is 41.5. The van der Waals surface area contributed by atoms with Crippen molar-refractivity contribution < 1.29 is 19.1 Å². The van der Waals surface area contributed by atoms with E-state index in [1.54, 1.807) is 43.3 Å². The number of Topliss-reactive ketones (excluding diaryl/α,β-unsaturated/α-hetero) is 1. The summed E-state index contributed by atoms with van der Waals surface area (Å²) in [6, 6.07) is 29.7. The van der Waals surface area contributed by atoms with Crippen LogP contribution in [0.3, 0.4) is 0 Å². The van der Waals surface area contributed by atoms with Gasteiger partial charge in [-0.3, -0.25) is 14.4 Å². The number of ether oxygens (including phenoxy) is 1. The van der Waals surface area contributed by atoms with E-state index in [0.29, 0.717) is 11.3 Å². The molecule has 0 spiro atoms. The Balaban J connectivity index is 1.56. The molecule has 4 heteroatoms. The lowest BCUT2D eigenvalue weighted by Gasteiger charge is -2.23. The molecule has 0 aromatic heterocycles. The number of hydrogen-bond donors (Lipinski definition) is 0. The van der Waals surface area contributed by atoms with Crippen molar-refractivity contribution in [3.63, 3.8) is 0 Å². The first-order chi connectivity index (χ1) is 17.0. The maximum absolute atomic E-state index is 14.0. The Morgan fingerprint density at radius 3 is 2.23 bits per heavy atom. The van der Waals surface area contributed by atoms with Crippen LogP contribution < -0.4 is 4.74 Å². The highest BCUT2D eigenvalue weighted by molar-refractivity contribution is 6.25. The van der Waals surface area contributed by atoms with Gasteiger partial charge < -0.3 is 4.74 Å². The van der Waals surface area contributed by atoms with Crippen molar-refractivity contribution in [1.29, 1.82) is 0 Å². The second-order valence-corrected chi connectivity index (χ2v) is 9.33. The monoisotopic (exact) mass is 458 g/mol. The van der Waals surface area contributed by atoms with Crippen LogP contribution in [-0.4, -0.2) is 17.5 Å². The second-order valence-electron chi connectivity index (χ2n) is 9.33. The van der Waals surface area contributed by atoms with Crippen molar-refractivity contribution in [1.82, 2.24) is 0 Å². The third-order valence-corrected chi connectivity index (χ3v) is 7.61. The van der Waals surface area contributed by atoms with E-state index in [-0.39, 0.29) is 5.78 Å². The summed E-state index contributed by atoms with van der Waals surface area (Å²) >= 11 is 0. The lowest BCUT2D eigenvalue weighted by molar-refractivity contribution is -0.147. The molecule has 1 aliphatic carbocycles. The van der Waals surface area contributed by atoms with Crippen LogP contribution in [0.5, 0.6) is 5.75 Å². The molecule has 0 bridgehead atoms. The zero-order valence-electron chi connectivity index (χ0n) is 19.1. The maximum atomic E-state index is 14.0. The number of hydrogen-bond acceptors (Lipinski definition) is 4. The van der Waals surface area contributed by atoms with Gasteiger partial charge >= 0.3 is 5.97 Å². The van der Waals surface area contributed by atoms with Gasteiger partial charge in [-0.2, -0.15) is 0 Å². The van der Waals surface area contributed by atoms with Gasteiger partial charge in [-0.1, -0.05) is 104 Å². The Kier molecular flexibility index (Phi) is 4.61. The van der Waals surface area contributed by atoms with Crippen LogP contribution in [0.2, 0.25) is 0 Å². The smallest absolute Gasteiger partial charge is 0.327 e. The maximum Gasteiger partial charge on any atom is 0.327 e. The van der Waals surface area contributed by atoms with Crippen molar-refractivity contribution in [3.8, 4) is 5.75 Å². The summed E-state index contributed by atoms with van der Waals surface area (Å²) in [7, 11) is 0. The van der Waals surface area contributed by atoms with E-state index in [9.17, 15) is 14.4 Å². The van der Waals surface area contributed by atoms with Crippen LogP contribution in [0, 0.1) is 10.8 Å². The fourth-order valence-corrected chi connectivity index (χ4v) is 5.86. The Morgan fingerprint density at radius 2 is 1.49 bits per heavy atom. The van der Waals surface area contributed by atoms with Crippen LogP contribution in [0.1, 0.15) is 34.3 Å². The van der Waals surface area contributed by atoms with Gasteiger partial charge in [0.1, 0.15) is 5.75 Å². The molecule has 4 aromatic rings. The van der Waals surface area contributed by atoms with Crippen LogP contribution in [0.4, 0.5) is 0 Å². The quantitative estimate of drug-likeness (QED) is 0.121. The fourth-order valence-electron chi connectivity index (χ4n) is 5.86. The SMILES string of the molecule is C[C@@]1(C(=O)c2ccccc2)[C@H]2c3c(ccc4ccccc34)OC(=O)[C@@]21C(=O)/C=C/c1ccccc1. The van der Waals surface area contributed by atoms with Gasteiger partial charge in [-0.25, -0.2) is 0 Å². The van der Waals surface area contributed by atoms with Gasteiger partial charge in [-0.05, 0) is 28.5 Å². The average Bonchev–Trinajstić information content (AvgIpc) is 3.50. The van der Waals surface area contributed by atoms with Crippen molar-refractivity contribution >= 4 is 34.4 Å². The Bertz CT molecular complexity index is 1540. The predicted molar refractivity (Wildman–Crippen MR) is 134 cm³/mol. The topological polar surface area (TPSA) is 60.4 Å². The second kappa shape index (κ2) is 7.60. The van der Waals surface area contributed by atoms with Crippen molar-refractivity contribution in [2.24, 2.45) is 10.8 Å². The first kappa shape index (κ1) is 21.2. The molecule has 0 amide bonds. The minimum Gasteiger partial charge on any atom is -0.425 e. The molecule has 0 saturated heterocycles.